The van der Waals surface area contributed by atoms with E-state index in [2.05, 4.69) is 5.32 Å². The second-order valence-corrected chi connectivity index (χ2v) is 7.06. The second-order valence-electron chi connectivity index (χ2n) is 7.06. The third-order valence-corrected chi connectivity index (χ3v) is 5.03. The molecular formula is C23H27N3O4. The highest BCUT2D eigenvalue weighted by atomic mass is 16.5. The predicted molar refractivity (Wildman–Crippen MR) is 117 cm³/mol. The molecule has 0 bridgehead atoms. The molecule has 30 heavy (non-hydrogen) atoms. The Labute approximate surface area is 174 Å². The largest absolute Gasteiger partial charge is 0.374 e. The number of nitrogens with zero attached hydrogens (tertiary/aromatic N) is 2. The van der Waals surface area contributed by atoms with E-state index in [1.54, 1.807) is 31.2 Å². The molecule has 0 aliphatic heterocycles. The molecule has 0 saturated carbocycles. The minimum Gasteiger partial charge on any atom is -0.374 e. The normalized spacial score (nSPS) is 12.1. The average molecular weight is 409 g/mol. The van der Waals surface area contributed by atoms with Gasteiger partial charge in [-0.1, -0.05) is 42.5 Å². The lowest BCUT2D eigenvalue weighted by Crippen LogP contribution is -2.42. The van der Waals surface area contributed by atoms with Crippen LogP contribution in [0.4, 0.5) is 0 Å². The molecule has 1 heterocycles. The van der Waals surface area contributed by atoms with E-state index in [-0.39, 0.29) is 30.7 Å². The Hall–Kier alpha value is -3.19. The smallest absolute Gasteiger partial charge is 0.331 e. The van der Waals surface area contributed by atoms with Crippen LogP contribution < -0.4 is 16.6 Å². The van der Waals surface area contributed by atoms with Crippen LogP contribution in [0.3, 0.4) is 0 Å². The van der Waals surface area contributed by atoms with Crippen LogP contribution in [0.1, 0.15) is 31.9 Å². The number of amides is 1. The van der Waals surface area contributed by atoms with Gasteiger partial charge in [0.1, 0.15) is 6.54 Å². The van der Waals surface area contributed by atoms with Crippen molar-refractivity contribution in [3.63, 3.8) is 0 Å². The summed E-state index contributed by atoms with van der Waals surface area (Å²) in [5.41, 5.74) is 0.766. The number of nitrogens with one attached hydrogen (secondary N) is 1. The summed E-state index contributed by atoms with van der Waals surface area (Å²) in [6.07, 6.45) is 0.648. The topological polar surface area (TPSA) is 82.3 Å². The van der Waals surface area contributed by atoms with Crippen molar-refractivity contribution < 1.29 is 9.53 Å². The molecule has 1 amide bonds. The van der Waals surface area contributed by atoms with Gasteiger partial charge in [0.15, 0.2) is 0 Å². The van der Waals surface area contributed by atoms with Gasteiger partial charge in [0.25, 0.3) is 5.56 Å². The van der Waals surface area contributed by atoms with Gasteiger partial charge in [0, 0.05) is 19.7 Å². The first-order chi connectivity index (χ1) is 14.5. The minimum atomic E-state index is -0.476. The Morgan fingerprint density at radius 1 is 1.03 bits per heavy atom. The molecule has 2 aromatic carbocycles. The number of ether oxygens (including phenoxy) is 1. The molecule has 3 rings (SSSR count). The maximum absolute atomic E-state index is 12.7. The van der Waals surface area contributed by atoms with Crippen LogP contribution in [0, 0.1) is 0 Å². The number of benzene rings is 2. The molecule has 158 valence electrons. The van der Waals surface area contributed by atoms with Crippen LogP contribution in [0.15, 0.2) is 64.2 Å². The van der Waals surface area contributed by atoms with Crippen LogP contribution >= 0.6 is 0 Å². The average Bonchev–Trinajstić information content (AvgIpc) is 2.77. The van der Waals surface area contributed by atoms with E-state index in [1.165, 1.54) is 4.57 Å². The monoisotopic (exact) mass is 409 g/mol. The van der Waals surface area contributed by atoms with Gasteiger partial charge in [-0.05, 0) is 38.0 Å². The van der Waals surface area contributed by atoms with Crippen molar-refractivity contribution in [3.05, 3.63) is 81.0 Å². The van der Waals surface area contributed by atoms with Crippen molar-refractivity contribution in [1.82, 2.24) is 14.5 Å². The van der Waals surface area contributed by atoms with Gasteiger partial charge in [-0.15, -0.1) is 0 Å². The molecule has 1 N–H and O–H groups in total. The summed E-state index contributed by atoms with van der Waals surface area (Å²) in [6.45, 7) is 4.80. The highest BCUT2D eigenvalue weighted by molar-refractivity contribution is 5.81. The van der Waals surface area contributed by atoms with Gasteiger partial charge in [-0.2, -0.15) is 0 Å². The third-order valence-electron chi connectivity index (χ3n) is 5.03. The van der Waals surface area contributed by atoms with Crippen LogP contribution in [0.5, 0.6) is 0 Å². The van der Waals surface area contributed by atoms with Gasteiger partial charge >= 0.3 is 5.69 Å². The molecule has 1 unspecified atom stereocenters. The van der Waals surface area contributed by atoms with Crippen molar-refractivity contribution >= 4 is 16.8 Å². The summed E-state index contributed by atoms with van der Waals surface area (Å²) in [5.74, 6) is -0.278. The van der Waals surface area contributed by atoms with Gasteiger partial charge in [-0.25, -0.2) is 4.79 Å². The molecule has 0 spiro atoms. The standard InChI is InChI=1S/C23H27N3O4/c1-3-25-22(28)19-12-7-8-13-20(19)26(23(25)29)16-21(27)24-14-9-15-30-17(2)18-10-5-4-6-11-18/h4-8,10-13,17H,3,9,14-16H2,1-2H3,(H,24,27). The van der Waals surface area contributed by atoms with E-state index in [0.29, 0.717) is 30.5 Å². The Kier molecular flexibility index (Phi) is 7.19. The Balaban J connectivity index is 1.57. The maximum atomic E-state index is 12.7. The van der Waals surface area contributed by atoms with Crippen molar-refractivity contribution in [2.45, 2.75) is 39.5 Å². The SMILES string of the molecule is CCn1c(=O)c2ccccc2n(CC(=O)NCCCOC(C)c2ccccc2)c1=O. The summed E-state index contributed by atoms with van der Waals surface area (Å²) in [4.78, 5) is 37.5. The van der Waals surface area contributed by atoms with Crippen LogP contribution in [-0.2, 0) is 22.6 Å². The maximum Gasteiger partial charge on any atom is 0.331 e. The molecule has 0 aliphatic rings. The molecule has 7 nitrogen and oxygen atoms in total. The van der Waals surface area contributed by atoms with E-state index >= 15 is 0 Å². The highest BCUT2D eigenvalue weighted by Crippen LogP contribution is 2.15. The second kappa shape index (κ2) is 10.0. The van der Waals surface area contributed by atoms with Gasteiger partial charge in [0.05, 0.1) is 17.0 Å². The Morgan fingerprint density at radius 2 is 1.73 bits per heavy atom. The summed E-state index contributed by atoms with van der Waals surface area (Å²) < 4.78 is 8.30. The molecule has 7 heteroatoms. The number of hydrogen-bond acceptors (Lipinski definition) is 4. The van der Waals surface area contributed by atoms with Crippen molar-refractivity contribution in [2.24, 2.45) is 0 Å². The summed E-state index contributed by atoms with van der Waals surface area (Å²) in [6, 6.07) is 16.8. The first-order valence-corrected chi connectivity index (χ1v) is 10.2. The highest BCUT2D eigenvalue weighted by Gasteiger charge is 2.14. The lowest BCUT2D eigenvalue weighted by atomic mass is 10.1. The van der Waals surface area contributed by atoms with E-state index in [1.807, 2.05) is 37.3 Å². The minimum absolute atomic E-state index is 0.0121. The predicted octanol–water partition coefficient (Wildman–Crippen LogP) is 2.47. The number of fused-ring (bicyclic) bond motifs is 1. The first kappa shape index (κ1) is 21.5. The Bertz CT molecular complexity index is 1120. The van der Waals surface area contributed by atoms with Crippen LogP contribution in [0.25, 0.3) is 10.9 Å². The number of aromatic nitrogens is 2. The van der Waals surface area contributed by atoms with Gasteiger partial charge < -0.3 is 10.1 Å². The van der Waals surface area contributed by atoms with E-state index in [4.69, 9.17) is 4.74 Å². The van der Waals surface area contributed by atoms with Crippen molar-refractivity contribution in [1.29, 1.82) is 0 Å². The molecule has 3 aromatic rings. The van der Waals surface area contributed by atoms with E-state index < -0.39 is 5.69 Å². The fraction of sp³-hybridized carbons (Fsp3) is 0.348. The fourth-order valence-corrected chi connectivity index (χ4v) is 3.38. The summed E-state index contributed by atoms with van der Waals surface area (Å²) >= 11 is 0. The summed E-state index contributed by atoms with van der Waals surface area (Å²) in [5, 5.41) is 3.25. The lowest BCUT2D eigenvalue weighted by Gasteiger charge is -2.14. The van der Waals surface area contributed by atoms with Crippen molar-refractivity contribution in [3.8, 4) is 0 Å². The van der Waals surface area contributed by atoms with Gasteiger partial charge in [0.2, 0.25) is 5.91 Å². The number of hydrogen-bond donors (Lipinski definition) is 1. The van der Waals surface area contributed by atoms with E-state index in [9.17, 15) is 14.4 Å². The quantitative estimate of drug-likeness (QED) is 0.551. The molecule has 0 aliphatic carbocycles. The summed E-state index contributed by atoms with van der Waals surface area (Å²) in [7, 11) is 0. The first-order valence-electron chi connectivity index (χ1n) is 10.2. The van der Waals surface area contributed by atoms with Crippen LogP contribution in [-0.4, -0.2) is 28.2 Å². The zero-order valence-electron chi connectivity index (χ0n) is 17.3. The number of rotatable bonds is 9. The fourth-order valence-electron chi connectivity index (χ4n) is 3.38. The van der Waals surface area contributed by atoms with Gasteiger partial charge in [-0.3, -0.25) is 18.7 Å². The molecule has 0 saturated heterocycles. The zero-order chi connectivity index (χ0) is 21.5. The Morgan fingerprint density at radius 3 is 2.47 bits per heavy atom. The molecule has 0 radical (unpaired) electrons. The number of carbonyl (C=O) groups is 1. The van der Waals surface area contributed by atoms with E-state index in [0.717, 1.165) is 10.1 Å². The molecule has 1 aromatic heterocycles. The number of para-hydroxylation sites is 1. The third kappa shape index (κ3) is 4.86. The lowest BCUT2D eigenvalue weighted by molar-refractivity contribution is -0.121. The van der Waals surface area contributed by atoms with Crippen molar-refractivity contribution in [2.75, 3.05) is 13.2 Å². The zero-order valence-corrected chi connectivity index (χ0v) is 17.3. The molecule has 0 fully saturated rings. The molecular weight excluding hydrogens is 382 g/mol. The molecule has 1 atom stereocenters. The number of carbonyl (C=O) groups excluding carboxylic acids is 1. The van der Waals surface area contributed by atoms with Crippen LogP contribution in [0.2, 0.25) is 0 Å².